The zero-order valence-corrected chi connectivity index (χ0v) is 13.1. The van der Waals surface area contributed by atoms with E-state index in [4.69, 9.17) is 5.73 Å². The van der Waals surface area contributed by atoms with Crippen molar-refractivity contribution in [3.63, 3.8) is 0 Å². The number of hydrogen-bond acceptors (Lipinski definition) is 3. The predicted molar refractivity (Wildman–Crippen MR) is 83.4 cm³/mol. The molecule has 2 N–H and O–H groups in total. The molecule has 0 spiro atoms. The van der Waals surface area contributed by atoms with Crippen molar-refractivity contribution in [2.24, 2.45) is 11.7 Å². The highest BCUT2D eigenvalue weighted by Crippen LogP contribution is 2.21. The SMILES string of the molecule is CCC(CC)N(CC(C)C)c1ccc([C@@H](C)N)cn1. The second kappa shape index (κ2) is 7.49. The molecule has 0 amide bonds. The Hall–Kier alpha value is -1.09. The molecule has 0 aliphatic heterocycles. The predicted octanol–water partition coefficient (Wildman–Crippen LogP) is 3.75. The third kappa shape index (κ3) is 4.50. The zero-order valence-electron chi connectivity index (χ0n) is 13.1. The molecule has 0 aliphatic carbocycles. The summed E-state index contributed by atoms with van der Waals surface area (Å²) in [6.45, 7) is 12.0. The first-order valence-corrected chi connectivity index (χ1v) is 7.47. The average Bonchev–Trinajstić information content (AvgIpc) is 2.38. The number of nitrogens with two attached hydrogens (primary N) is 1. The van der Waals surface area contributed by atoms with Gasteiger partial charge in [-0.2, -0.15) is 0 Å². The molecule has 0 unspecified atom stereocenters. The minimum atomic E-state index is 0.0493. The molecule has 1 aromatic heterocycles. The van der Waals surface area contributed by atoms with E-state index in [-0.39, 0.29) is 6.04 Å². The Balaban J connectivity index is 2.96. The van der Waals surface area contributed by atoms with Gasteiger partial charge in [0.2, 0.25) is 0 Å². The molecule has 1 aromatic rings. The Labute approximate surface area is 118 Å². The summed E-state index contributed by atoms with van der Waals surface area (Å²) in [6, 6.07) is 4.83. The standard InChI is InChI=1S/C16H29N3/c1-6-15(7-2)19(11-12(3)4)16-9-8-14(10-18-16)13(5)17/h8-10,12-13,15H,6-7,11,17H2,1-5H3/t13-/m1/s1. The van der Waals surface area contributed by atoms with Gasteiger partial charge in [-0.05, 0) is 37.3 Å². The third-order valence-corrected chi connectivity index (χ3v) is 3.54. The topological polar surface area (TPSA) is 42.1 Å². The monoisotopic (exact) mass is 263 g/mol. The van der Waals surface area contributed by atoms with Gasteiger partial charge in [0.15, 0.2) is 0 Å². The fourth-order valence-corrected chi connectivity index (χ4v) is 2.39. The van der Waals surface area contributed by atoms with E-state index in [2.05, 4.69) is 49.7 Å². The van der Waals surface area contributed by atoms with Crippen LogP contribution in [0.15, 0.2) is 18.3 Å². The molecular weight excluding hydrogens is 234 g/mol. The van der Waals surface area contributed by atoms with Gasteiger partial charge in [0, 0.05) is 24.8 Å². The van der Waals surface area contributed by atoms with Crippen LogP contribution in [0, 0.1) is 5.92 Å². The molecule has 0 radical (unpaired) electrons. The largest absolute Gasteiger partial charge is 0.353 e. The summed E-state index contributed by atoms with van der Waals surface area (Å²) in [5.41, 5.74) is 6.97. The van der Waals surface area contributed by atoms with Crippen molar-refractivity contribution in [3.8, 4) is 0 Å². The molecule has 1 rings (SSSR count). The van der Waals surface area contributed by atoms with Crippen molar-refractivity contribution < 1.29 is 0 Å². The number of nitrogens with zero attached hydrogens (tertiary/aromatic N) is 2. The van der Waals surface area contributed by atoms with Gasteiger partial charge in [-0.3, -0.25) is 0 Å². The Kier molecular flexibility index (Phi) is 6.29. The molecule has 0 aliphatic rings. The summed E-state index contributed by atoms with van der Waals surface area (Å²) in [5.74, 6) is 1.71. The van der Waals surface area contributed by atoms with Gasteiger partial charge >= 0.3 is 0 Å². The molecule has 108 valence electrons. The molecule has 19 heavy (non-hydrogen) atoms. The third-order valence-electron chi connectivity index (χ3n) is 3.54. The Morgan fingerprint density at radius 2 is 1.79 bits per heavy atom. The van der Waals surface area contributed by atoms with Gasteiger partial charge in [0.05, 0.1) is 0 Å². The quantitative estimate of drug-likeness (QED) is 0.814. The van der Waals surface area contributed by atoms with Crippen LogP contribution < -0.4 is 10.6 Å². The second-order valence-electron chi connectivity index (χ2n) is 5.75. The number of aromatic nitrogens is 1. The van der Waals surface area contributed by atoms with Crippen molar-refractivity contribution in [2.75, 3.05) is 11.4 Å². The zero-order chi connectivity index (χ0) is 14.4. The Morgan fingerprint density at radius 1 is 1.16 bits per heavy atom. The van der Waals surface area contributed by atoms with E-state index in [0.29, 0.717) is 12.0 Å². The number of rotatable bonds is 7. The molecule has 0 aromatic carbocycles. The van der Waals surface area contributed by atoms with Gasteiger partial charge < -0.3 is 10.6 Å². The summed E-state index contributed by atoms with van der Waals surface area (Å²) in [4.78, 5) is 7.06. The normalized spacial score (nSPS) is 13.1. The fourth-order valence-electron chi connectivity index (χ4n) is 2.39. The average molecular weight is 263 g/mol. The van der Waals surface area contributed by atoms with E-state index in [1.807, 2.05) is 13.1 Å². The van der Waals surface area contributed by atoms with Crippen molar-refractivity contribution in [3.05, 3.63) is 23.9 Å². The molecule has 0 saturated carbocycles. The van der Waals surface area contributed by atoms with Crippen LogP contribution in [0.3, 0.4) is 0 Å². The van der Waals surface area contributed by atoms with Crippen molar-refractivity contribution in [1.29, 1.82) is 0 Å². The van der Waals surface area contributed by atoms with Crippen molar-refractivity contribution in [1.82, 2.24) is 4.98 Å². The summed E-state index contributed by atoms with van der Waals surface area (Å²) in [7, 11) is 0. The maximum Gasteiger partial charge on any atom is 0.128 e. The first-order valence-electron chi connectivity index (χ1n) is 7.47. The lowest BCUT2D eigenvalue weighted by molar-refractivity contribution is 0.503. The lowest BCUT2D eigenvalue weighted by Gasteiger charge is -2.33. The number of hydrogen-bond donors (Lipinski definition) is 1. The molecule has 0 bridgehead atoms. The van der Waals surface area contributed by atoms with E-state index in [1.165, 1.54) is 0 Å². The summed E-state index contributed by atoms with van der Waals surface area (Å²) in [5, 5.41) is 0. The van der Waals surface area contributed by atoms with E-state index in [9.17, 15) is 0 Å². The maximum absolute atomic E-state index is 5.88. The van der Waals surface area contributed by atoms with Crippen LogP contribution in [0.25, 0.3) is 0 Å². The second-order valence-corrected chi connectivity index (χ2v) is 5.75. The van der Waals surface area contributed by atoms with E-state index in [0.717, 1.165) is 30.8 Å². The molecule has 1 atom stereocenters. The minimum Gasteiger partial charge on any atom is -0.353 e. The van der Waals surface area contributed by atoms with Crippen LogP contribution in [0.5, 0.6) is 0 Å². The van der Waals surface area contributed by atoms with E-state index >= 15 is 0 Å². The smallest absolute Gasteiger partial charge is 0.128 e. The Morgan fingerprint density at radius 3 is 2.16 bits per heavy atom. The molecule has 3 heteroatoms. The number of pyridine rings is 1. The molecule has 3 nitrogen and oxygen atoms in total. The minimum absolute atomic E-state index is 0.0493. The van der Waals surface area contributed by atoms with Crippen molar-refractivity contribution in [2.45, 2.75) is 59.5 Å². The van der Waals surface area contributed by atoms with Gasteiger partial charge in [-0.15, -0.1) is 0 Å². The highest BCUT2D eigenvalue weighted by atomic mass is 15.2. The van der Waals surface area contributed by atoms with Crippen LogP contribution in [-0.4, -0.2) is 17.6 Å². The summed E-state index contributed by atoms with van der Waals surface area (Å²) in [6.07, 6.45) is 4.22. The lowest BCUT2D eigenvalue weighted by atomic mass is 10.1. The fraction of sp³-hybridized carbons (Fsp3) is 0.688. The first-order chi connectivity index (χ1) is 8.99. The first kappa shape index (κ1) is 16.0. The maximum atomic E-state index is 5.88. The van der Waals surface area contributed by atoms with E-state index in [1.54, 1.807) is 0 Å². The van der Waals surface area contributed by atoms with Crippen LogP contribution in [0.2, 0.25) is 0 Å². The van der Waals surface area contributed by atoms with Crippen LogP contribution in [0.1, 0.15) is 59.1 Å². The summed E-state index contributed by atoms with van der Waals surface area (Å²) >= 11 is 0. The molecule has 0 saturated heterocycles. The lowest BCUT2D eigenvalue weighted by Crippen LogP contribution is -2.38. The number of anilines is 1. The van der Waals surface area contributed by atoms with Gasteiger partial charge in [-0.1, -0.05) is 33.8 Å². The molecular formula is C16H29N3. The molecule has 1 heterocycles. The highest BCUT2D eigenvalue weighted by molar-refractivity contribution is 5.41. The van der Waals surface area contributed by atoms with Crippen LogP contribution >= 0.6 is 0 Å². The van der Waals surface area contributed by atoms with Gasteiger partial charge in [-0.25, -0.2) is 4.98 Å². The summed E-state index contributed by atoms with van der Waals surface area (Å²) < 4.78 is 0. The van der Waals surface area contributed by atoms with Gasteiger partial charge in [0.1, 0.15) is 5.82 Å². The van der Waals surface area contributed by atoms with Crippen molar-refractivity contribution >= 4 is 5.82 Å². The van der Waals surface area contributed by atoms with Crippen LogP contribution in [0.4, 0.5) is 5.82 Å². The van der Waals surface area contributed by atoms with E-state index < -0.39 is 0 Å². The van der Waals surface area contributed by atoms with Crippen LogP contribution in [-0.2, 0) is 0 Å². The van der Waals surface area contributed by atoms with Gasteiger partial charge in [0.25, 0.3) is 0 Å². The Bertz CT molecular complexity index is 353. The highest BCUT2D eigenvalue weighted by Gasteiger charge is 2.18. The molecule has 0 fully saturated rings.